The van der Waals surface area contributed by atoms with Crippen molar-refractivity contribution in [3.8, 4) is 0 Å². The van der Waals surface area contributed by atoms with Crippen molar-refractivity contribution in [1.82, 2.24) is 0 Å². The Morgan fingerprint density at radius 1 is 0.458 bits per heavy atom. The Labute approximate surface area is 299 Å². The van der Waals surface area contributed by atoms with E-state index < -0.39 is 6.10 Å². The third kappa shape index (κ3) is 37.7. The van der Waals surface area contributed by atoms with Gasteiger partial charge in [-0.3, -0.25) is 9.59 Å². The average Bonchev–Trinajstić information content (AvgIpc) is 3.07. The average molecular weight is 681 g/mol. The Bertz CT molecular complexity index is 664. The van der Waals surface area contributed by atoms with Crippen LogP contribution in [0.15, 0.2) is 0 Å². The molecular formula is C43H84O5. The largest absolute Gasteiger partial charge is 0.462 e. The summed E-state index contributed by atoms with van der Waals surface area (Å²) >= 11 is 0. The molecule has 0 spiro atoms. The van der Waals surface area contributed by atoms with Crippen LogP contribution in [0.4, 0.5) is 0 Å². The summed E-state index contributed by atoms with van der Waals surface area (Å²) in [5, 5.41) is 9.57. The minimum absolute atomic E-state index is 0.0572. The van der Waals surface area contributed by atoms with Gasteiger partial charge < -0.3 is 14.6 Å². The van der Waals surface area contributed by atoms with E-state index in [1.807, 2.05) is 0 Å². The third-order valence-corrected chi connectivity index (χ3v) is 9.83. The van der Waals surface area contributed by atoms with E-state index in [4.69, 9.17) is 9.47 Å². The first-order valence-corrected chi connectivity index (χ1v) is 21.5. The molecule has 0 bridgehead atoms. The van der Waals surface area contributed by atoms with Gasteiger partial charge in [0.15, 0.2) is 6.10 Å². The van der Waals surface area contributed by atoms with Gasteiger partial charge in [0.1, 0.15) is 6.61 Å². The van der Waals surface area contributed by atoms with Crippen LogP contribution in [0.25, 0.3) is 0 Å². The second-order valence-electron chi connectivity index (χ2n) is 15.3. The second kappa shape index (κ2) is 38.7. The van der Waals surface area contributed by atoms with Gasteiger partial charge in [0, 0.05) is 12.8 Å². The summed E-state index contributed by atoms with van der Waals surface area (Å²) in [6, 6.07) is 0. The Morgan fingerprint density at radius 2 is 0.771 bits per heavy atom. The zero-order valence-electron chi connectivity index (χ0n) is 32.7. The Morgan fingerprint density at radius 3 is 1.10 bits per heavy atom. The minimum atomic E-state index is -0.762. The molecule has 0 amide bonds. The predicted molar refractivity (Wildman–Crippen MR) is 205 cm³/mol. The maximum absolute atomic E-state index is 12.2. The first-order valence-electron chi connectivity index (χ1n) is 21.5. The smallest absolute Gasteiger partial charge is 0.306 e. The molecule has 0 radical (unpaired) electrons. The van der Waals surface area contributed by atoms with Crippen LogP contribution < -0.4 is 0 Å². The van der Waals surface area contributed by atoms with Gasteiger partial charge in [0.25, 0.3) is 0 Å². The van der Waals surface area contributed by atoms with Crippen LogP contribution in [0.3, 0.4) is 0 Å². The van der Waals surface area contributed by atoms with Crippen molar-refractivity contribution in [1.29, 1.82) is 0 Å². The first kappa shape index (κ1) is 46.9. The van der Waals surface area contributed by atoms with Crippen LogP contribution in [0.5, 0.6) is 0 Å². The third-order valence-electron chi connectivity index (χ3n) is 9.83. The molecule has 0 fully saturated rings. The molecule has 0 aromatic carbocycles. The molecule has 5 heteroatoms. The number of carbonyl (C=O) groups is 2. The van der Waals surface area contributed by atoms with Gasteiger partial charge in [-0.25, -0.2) is 0 Å². The van der Waals surface area contributed by atoms with Crippen LogP contribution in [-0.4, -0.2) is 36.4 Å². The molecule has 0 saturated heterocycles. The quantitative estimate of drug-likeness (QED) is 0.0517. The molecule has 0 saturated carbocycles. The van der Waals surface area contributed by atoms with Gasteiger partial charge in [-0.2, -0.15) is 0 Å². The molecule has 48 heavy (non-hydrogen) atoms. The Hall–Kier alpha value is -1.10. The van der Waals surface area contributed by atoms with Crippen LogP contribution in [0.1, 0.15) is 239 Å². The van der Waals surface area contributed by atoms with Crippen molar-refractivity contribution in [3.63, 3.8) is 0 Å². The molecule has 0 unspecified atom stereocenters. The number of rotatable bonds is 39. The highest BCUT2D eigenvalue weighted by molar-refractivity contribution is 5.70. The molecule has 0 heterocycles. The zero-order chi connectivity index (χ0) is 35.2. The van der Waals surface area contributed by atoms with Gasteiger partial charge in [-0.15, -0.1) is 0 Å². The molecule has 0 aromatic heterocycles. The van der Waals surface area contributed by atoms with E-state index in [1.165, 1.54) is 173 Å². The maximum Gasteiger partial charge on any atom is 0.306 e. The molecular weight excluding hydrogens is 596 g/mol. The lowest BCUT2D eigenvalue weighted by Crippen LogP contribution is -2.28. The Kier molecular flexibility index (Phi) is 37.8. The van der Waals surface area contributed by atoms with Gasteiger partial charge >= 0.3 is 11.9 Å². The lowest BCUT2D eigenvalue weighted by atomic mass is 10.0. The van der Waals surface area contributed by atoms with Crippen molar-refractivity contribution >= 4 is 11.9 Å². The Balaban J connectivity index is 3.47. The van der Waals surface area contributed by atoms with E-state index in [2.05, 4.69) is 20.8 Å². The van der Waals surface area contributed by atoms with E-state index >= 15 is 0 Å². The van der Waals surface area contributed by atoms with Crippen LogP contribution in [0, 0.1) is 5.92 Å². The van der Waals surface area contributed by atoms with E-state index in [0.29, 0.717) is 12.8 Å². The standard InChI is InChI=1S/C43H84O5/c1-4-5-6-7-8-9-10-11-12-15-18-21-24-27-30-33-36-42(45)47-39-41(38-44)48-43(46)37-34-31-28-25-22-19-16-13-14-17-20-23-26-29-32-35-40(2)3/h40-41,44H,4-39H2,1-3H3/t41-/m0/s1. The highest BCUT2D eigenvalue weighted by Crippen LogP contribution is 2.16. The topological polar surface area (TPSA) is 72.8 Å². The number of carbonyl (C=O) groups excluding carboxylic acids is 2. The van der Waals surface area contributed by atoms with Gasteiger partial charge in [-0.05, 0) is 18.8 Å². The number of unbranched alkanes of at least 4 members (excludes halogenated alkanes) is 29. The molecule has 0 aliphatic carbocycles. The van der Waals surface area contributed by atoms with E-state index in [-0.39, 0.29) is 25.2 Å². The predicted octanol–water partition coefficient (Wildman–Crippen LogP) is 13.4. The van der Waals surface area contributed by atoms with E-state index in [0.717, 1.165) is 38.0 Å². The maximum atomic E-state index is 12.2. The van der Waals surface area contributed by atoms with Gasteiger partial charge in [-0.1, -0.05) is 213 Å². The number of hydrogen-bond donors (Lipinski definition) is 1. The summed E-state index contributed by atoms with van der Waals surface area (Å²) in [5.41, 5.74) is 0. The summed E-state index contributed by atoms with van der Waals surface area (Å²) in [6.07, 6.45) is 41.7. The SMILES string of the molecule is CCCCCCCCCCCCCCCCCCC(=O)OC[C@H](CO)OC(=O)CCCCCCCCCCCCCCCCCC(C)C. The molecule has 1 atom stereocenters. The summed E-state index contributed by atoms with van der Waals surface area (Å²) in [7, 11) is 0. The highest BCUT2D eigenvalue weighted by Gasteiger charge is 2.16. The van der Waals surface area contributed by atoms with Gasteiger partial charge in [0.05, 0.1) is 6.61 Å². The summed E-state index contributed by atoms with van der Waals surface area (Å²) in [6.45, 7) is 6.53. The summed E-state index contributed by atoms with van der Waals surface area (Å²) in [5.74, 6) is 0.282. The number of hydrogen-bond acceptors (Lipinski definition) is 5. The molecule has 0 aliphatic heterocycles. The van der Waals surface area contributed by atoms with Crippen molar-refractivity contribution in [2.45, 2.75) is 245 Å². The van der Waals surface area contributed by atoms with Crippen molar-refractivity contribution in [3.05, 3.63) is 0 Å². The summed E-state index contributed by atoms with van der Waals surface area (Å²) in [4.78, 5) is 24.3. The molecule has 0 aromatic rings. The second-order valence-corrected chi connectivity index (χ2v) is 15.3. The molecule has 0 aliphatic rings. The zero-order valence-corrected chi connectivity index (χ0v) is 32.7. The molecule has 0 rings (SSSR count). The van der Waals surface area contributed by atoms with Crippen molar-refractivity contribution in [2.24, 2.45) is 5.92 Å². The molecule has 5 nitrogen and oxygen atoms in total. The fourth-order valence-corrected chi connectivity index (χ4v) is 6.56. The fraction of sp³-hybridized carbons (Fsp3) is 0.953. The van der Waals surface area contributed by atoms with Crippen LogP contribution in [-0.2, 0) is 19.1 Å². The fourth-order valence-electron chi connectivity index (χ4n) is 6.56. The minimum Gasteiger partial charge on any atom is -0.462 e. The number of ether oxygens (including phenoxy) is 2. The highest BCUT2D eigenvalue weighted by atomic mass is 16.6. The number of aliphatic hydroxyl groups is 1. The van der Waals surface area contributed by atoms with Crippen LogP contribution in [0.2, 0.25) is 0 Å². The van der Waals surface area contributed by atoms with Crippen molar-refractivity contribution < 1.29 is 24.2 Å². The molecule has 286 valence electrons. The number of aliphatic hydroxyl groups excluding tert-OH is 1. The summed E-state index contributed by atoms with van der Waals surface area (Å²) < 4.78 is 10.6. The lowest BCUT2D eigenvalue weighted by Gasteiger charge is -2.15. The normalized spacial score (nSPS) is 12.1. The van der Waals surface area contributed by atoms with Gasteiger partial charge in [0.2, 0.25) is 0 Å². The number of esters is 2. The van der Waals surface area contributed by atoms with E-state index in [1.54, 1.807) is 0 Å². The lowest BCUT2D eigenvalue weighted by molar-refractivity contribution is -0.161. The first-order chi connectivity index (χ1) is 23.5. The molecule has 1 N–H and O–H groups in total. The monoisotopic (exact) mass is 681 g/mol. The van der Waals surface area contributed by atoms with Crippen LogP contribution >= 0.6 is 0 Å². The van der Waals surface area contributed by atoms with E-state index in [9.17, 15) is 14.7 Å². The van der Waals surface area contributed by atoms with Crippen molar-refractivity contribution in [2.75, 3.05) is 13.2 Å².